The Hall–Kier alpha value is -1.10. The zero-order valence-electron chi connectivity index (χ0n) is 11.1. The summed E-state index contributed by atoms with van der Waals surface area (Å²) >= 11 is 0. The zero-order valence-corrected chi connectivity index (χ0v) is 11.1. The first-order valence-corrected chi connectivity index (χ1v) is 6.69. The van der Waals surface area contributed by atoms with Gasteiger partial charge in [-0.2, -0.15) is 0 Å². The standard InChI is InChI=1S/C13H23NO4/c1-3-4-7-18-9(2)12(15)14-11-6-5-10(8-11)13(16)17/h9-11H,3-8H2,1-2H3,(H,14,15)(H,16,17)/t9?,10-,11+/m1/s1. The second-order valence-electron chi connectivity index (χ2n) is 4.92. The van der Waals surface area contributed by atoms with Gasteiger partial charge in [0.1, 0.15) is 6.10 Å². The minimum absolute atomic E-state index is 0.0178. The predicted octanol–water partition coefficient (Wildman–Crippen LogP) is 1.56. The van der Waals surface area contributed by atoms with Crippen LogP contribution in [0.2, 0.25) is 0 Å². The predicted molar refractivity (Wildman–Crippen MR) is 67.2 cm³/mol. The van der Waals surface area contributed by atoms with Crippen LogP contribution >= 0.6 is 0 Å². The first kappa shape index (κ1) is 15.0. The van der Waals surface area contributed by atoms with Crippen molar-refractivity contribution in [1.82, 2.24) is 5.32 Å². The van der Waals surface area contributed by atoms with E-state index in [0.717, 1.165) is 19.3 Å². The first-order valence-electron chi connectivity index (χ1n) is 6.69. The van der Waals surface area contributed by atoms with E-state index in [4.69, 9.17) is 9.84 Å². The van der Waals surface area contributed by atoms with Crippen LogP contribution in [0, 0.1) is 5.92 Å². The number of carbonyl (C=O) groups excluding carboxylic acids is 1. The molecule has 0 aromatic carbocycles. The van der Waals surface area contributed by atoms with Crippen molar-refractivity contribution in [1.29, 1.82) is 0 Å². The van der Waals surface area contributed by atoms with E-state index in [9.17, 15) is 9.59 Å². The molecule has 1 aliphatic carbocycles. The van der Waals surface area contributed by atoms with E-state index in [-0.39, 0.29) is 17.9 Å². The summed E-state index contributed by atoms with van der Waals surface area (Å²) in [5.74, 6) is -1.22. The Labute approximate surface area is 108 Å². The Kier molecular flexibility index (Phi) is 6.12. The fourth-order valence-corrected chi connectivity index (χ4v) is 2.14. The monoisotopic (exact) mass is 257 g/mol. The van der Waals surface area contributed by atoms with Crippen molar-refractivity contribution in [2.75, 3.05) is 6.61 Å². The third-order valence-electron chi connectivity index (χ3n) is 3.36. The maximum Gasteiger partial charge on any atom is 0.306 e. The number of hydrogen-bond donors (Lipinski definition) is 2. The second-order valence-corrected chi connectivity index (χ2v) is 4.92. The number of rotatable bonds is 7. The van der Waals surface area contributed by atoms with Crippen LogP contribution in [-0.4, -0.2) is 35.7 Å². The van der Waals surface area contributed by atoms with Crippen LogP contribution in [0.25, 0.3) is 0 Å². The van der Waals surface area contributed by atoms with Gasteiger partial charge < -0.3 is 15.2 Å². The molecule has 5 nitrogen and oxygen atoms in total. The number of carboxylic acids is 1. The van der Waals surface area contributed by atoms with Gasteiger partial charge in [-0.25, -0.2) is 0 Å². The molecule has 3 atom stereocenters. The van der Waals surface area contributed by atoms with Gasteiger partial charge in [0.15, 0.2) is 0 Å². The minimum atomic E-state index is -0.765. The van der Waals surface area contributed by atoms with Crippen molar-refractivity contribution >= 4 is 11.9 Å². The van der Waals surface area contributed by atoms with Crippen LogP contribution in [0.15, 0.2) is 0 Å². The van der Waals surface area contributed by atoms with Crippen molar-refractivity contribution in [3.05, 3.63) is 0 Å². The van der Waals surface area contributed by atoms with Gasteiger partial charge >= 0.3 is 5.97 Å². The van der Waals surface area contributed by atoms with Gasteiger partial charge in [0.05, 0.1) is 5.92 Å². The van der Waals surface area contributed by atoms with Crippen LogP contribution < -0.4 is 5.32 Å². The molecule has 1 fully saturated rings. The Bertz CT molecular complexity index is 293. The van der Waals surface area contributed by atoms with E-state index in [1.54, 1.807) is 6.92 Å². The van der Waals surface area contributed by atoms with Crippen molar-refractivity contribution in [3.63, 3.8) is 0 Å². The molecule has 1 rings (SSSR count). The minimum Gasteiger partial charge on any atom is -0.481 e. The van der Waals surface area contributed by atoms with Gasteiger partial charge in [0.2, 0.25) is 5.91 Å². The highest BCUT2D eigenvalue weighted by molar-refractivity contribution is 5.80. The molecule has 0 aromatic rings. The van der Waals surface area contributed by atoms with E-state index in [1.807, 2.05) is 0 Å². The van der Waals surface area contributed by atoms with Crippen LogP contribution in [0.4, 0.5) is 0 Å². The average Bonchev–Trinajstić information content (AvgIpc) is 2.77. The smallest absolute Gasteiger partial charge is 0.306 e. The molecule has 0 heterocycles. The summed E-state index contributed by atoms with van der Waals surface area (Å²) in [4.78, 5) is 22.6. The number of amides is 1. The quantitative estimate of drug-likeness (QED) is 0.679. The topological polar surface area (TPSA) is 75.6 Å². The lowest BCUT2D eigenvalue weighted by atomic mass is 10.1. The number of aliphatic carboxylic acids is 1. The fraction of sp³-hybridized carbons (Fsp3) is 0.846. The van der Waals surface area contributed by atoms with Crippen molar-refractivity contribution < 1.29 is 19.4 Å². The van der Waals surface area contributed by atoms with E-state index in [2.05, 4.69) is 12.2 Å². The van der Waals surface area contributed by atoms with Crippen LogP contribution in [-0.2, 0) is 14.3 Å². The molecule has 0 aromatic heterocycles. The van der Waals surface area contributed by atoms with Crippen molar-refractivity contribution in [3.8, 4) is 0 Å². The van der Waals surface area contributed by atoms with Crippen LogP contribution in [0.5, 0.6) is 0 Å². The number of carboxylic acid groups (broad SMARTS) is 1. The Morgan fingerprint density at radius 1 is 1.44 bits per heavy atom. The molecular formula is C13H23NO4. The van der Waals surface area contributed by atoms with Gasteiger partial charge in [-0.1, -0.05) is 13.3 Å². The number of carbonyl (C=O) groups is 2. The first-order chi connectivity index (χ1) is 8.54. The SMILES string of the molecule is CCCCOC(C)C(=O)N[C@H]1CC[C@@H](C(=O)O)C1. The molecule has 0 saturated heterocycles. The summed E-state index contributed by atoms with van der Waals surface area (Å²) in [6.07, 6.45) is 3.44. The molecular weight excluding hydrogens is 234 g/mol. The summed E-state index contributed by atoms with van der Waals surface area (Å²) in [5, 5.41) is 11.7. The van der Waals surface area contributed by atoms with E-state index < -0.39 is 12.1 Å². The molecule has 1 aliphatic rings. The number of nitrogens with one attached hydrogen (secondary N) is 1. The third kappa shape index (κ3) is 4.64. The Morgan fingerprint density at radius 3 is 2.72 bits per heavy atom. The molecule has 1 unspecified atom stereocenters. The lowest BCUT2D eigenvalue weighted by Gasteiger charge is -2.17. The maximum absolute atomic E-state index is 11.8. The number of hydrogen-bond acceptors (Lipinski definition) is 3. The van der Waals surface area contributed by atoms with Gasteiger partial charge in [-0.3, -0.25) is 9.59 Å². The van der Waals surface area contributed by atoms with E-state index in [1.165, 1.54) is 0 Å². The normalized spacial score (nSPS) is 24.8. The molecule has 1 saturated carbocycles. The molecule has 2 N–H and O–H groups in total. The molecule has 104 valence electrons. The highest BCUT2D eigenvalue weighted by Gasteiger charge is 2.31. The summed E-state index contributed by atoms with van der Waals surface area (Å²) in [5.41, 5.74) is 0. The summed E-state index contributed by atoms with van der Waals surface area (Å²) in [6, 6.07) is -0.0178. The Balaban J connectivity index is 2.26. The summed E-state index contributed by atoms with van der Waals surface area (Å²) in [6.45, 7) is 4.39. The fourth-order valence-electron chi connectivity index (χ4n) is 2.14. The second kappa shape index (κ2) is 7.36. The highest BCUT2D eigenvalue weighted by atomic mass is 16.5. The maximum atomic E-state index is 11.8. The van der Waals surface area contributed by atoms with Gasteiger partial charge in [-0.05, 0) is 32.6 Å². The molecule has 18 heavy (non-hydrogen) atoms. The van der Waals surface area contributed by atoms with Crippen molar-refractivity contribution in [2.24, 2.45) is 5.92 Å². The molecule has 0 spiro atoms. The van der Waals surface area contributed by atoms with E-state index in [0.29, 0.717) is 19.4 Å². The van der Waals surface area contributed by atoms with Gasteiger partial charge in [-0.15, -0.1) is 0 Å². The average molecular weight is 257 g/mol. The summed E-state index contributed by atoms with van der Waals surface area (Å²) in [7, 11) is 0. The summed E-state index contributed by atoms with van der Waals surface area (Å²) < 4.78 is 5.40. The molecule has 0 aliphatic heterocycles. The van der Waals surface area contributed by atoms with Gasteiger partial charge in [0.25, 0.3) is 0 Å². The number of unbranched alkanes of at least 4 members (excludes halogenated alkanes) is 1. The lowest BCUT2D eigenvalue weighted by Crippen LogP contribution is -2.40. The molecule has 0 radical (unpaired) electrons. The molecule has 0 bridgehead atoms. The van der Waals surface area contributed by atoms with E-state index >= 15 is 0 Å². The molecule has 5 heteroatoms. The Morgan fingerprint density at radius 2 is 2.17 bits per heavy atom. The van der Waals surface area contributed by atoms with Crippen molar-refractivity contribution in [2.45, 2.75) is 58.1 Å². The lowest BCUT2D eigenvalue weighted by molar-refractivity contribution is -0.141. The van der Waals surface area contributed by atoms with Crippen LogP contribution in [0.1, 0.15) is 46.0 Å². The number of ether oxygens (including phenoxy) is 1. The largest absolute Gasteiger partial charge is 0.481 e. The third-order valence-corrected chi connectivity index (χ3v) is 3.36. The van der Waals surface area contributed by atoms with Gasteiger partial charge in [0, 0.05) is 12.6 Å². The van der Waals surface area contributed by atoms with Crippen LogP contribution in [0.3, 0.4) is 0 Å². The highest BCUT2D eigenvalue weighted by Crippen LogP contribution is 2.25. The zero-order chi connectivity index (χ0) is 13.5. The molecule has 1 amide bonds.